The van der Waals surface area contributed by atoms with Gasteiger partial charge in [-0.3, -0.25) is 4.79 Å². The van der Waals surface area contributed by atoms with Crippen LogP contribution in [-0.2, 0) is 0 Å². The van der Waals surface area contributed by atoms with Gasteiger partial charge in [0, 0.05) is 10.9 Å². The molecule has 0 amide bonds. The van der Waals surface area contributed by atoms with Crippen LogP contribution in [0.15, 0.2) is 54.6 Å². The number of carbonyl (C=O) groups excluding carboxylic acids is 1. The standard InChI is InChI=1S/C19H14O2/c1-2-21-16-11-10-12-6-5-9-14-13-7-3-4-8-15(13)19(20)18(16)17(12)14/h3-11H,2H2,1H3. The molecule has 0 bridgehead atoms. The summed E-state index contributed by atoms with van der Waals surface area (Å²) in [6.45, 7) is 2.49. The molecule has 2 nitrogen and oxygen atoms in total. The van der Waals surface area contributed by atoms with Crippen LogP contribution in [0.1, 0.15) is 22.8 Å². The zero-order chi connectivity index (χ0) is 14.4. The van der Waals surface area contributed by atoms with Gasteiger partial charge in [0.1, 0.15) is 5.75 Å². The third kappa shape index (κ3) is 1.62. The van der Waals surface area contributed by atoms with Crippen LogP contribution in [0.5, 0.6) is 5.75 Å². The van der Waals surface area contributed by atoms with Crippen molar-refractivity contribution in [3.8, 4) is 16.9 Å². The van der Waals surface area contributed by atoms with Crippen molar-refractivity contribution in [2.24, 2.45) is 0 Å². The Morgan fingerprint density at radius 3 is 2.43 bits per heavy atom. The molecule has 0 fully saturated rings. The Labute approximate surface area is 123 Å². The maximum Gasteiger partial charge on any atom is 0.198 e. The molecule has 0 spiro atoms. The van der Waals surface area contributed by atoms with Crippen molar-refractivity contribution in [2.75, 3.05) is 6.61 Å². The van der Waals surface area contributed by atoms with E-state index in [-0.39, 0.29) is 5.78 Å². The first-order valence-electron chi connectivity index (χ1n) is 7.14. The van der Waals surface area contributed by atoms with Crippen LogP contribution in [0.25, 0.3) is 21.9 Å². The van der Waals surface area contributed by atoms with Crippen LogP contribution in [0.3, 0.4) is 0 Å². The van der Waals surface area contributed by atoms with Crippen molar-refractivity contribution in [1.29, 1.82) is 0 Å². The summed E-state index contributed by atoms with van der Waals surface area (Å²) in [4.78, 5) is 12.9. The third-order valence-corrected chi connectivity index (χ3v) is 4.00. The minimum atomic E-state index is 0.0540. The number of benzene rings is 3. The lowest BCUT2D eigenvalue weighted by molar-refractivity contribution is 0.103. The summed E-state index contributed by atoms with van der Waals surface area (Å²) in [6.07, 6.45) is 0. The lowest BCUT2D eigenvalue weighted by Gasteiger charge is -2.21. The van der Waals surface area contributed by atoms with Crippen LogP contribution in [-0.4, -0.2) is 12.4 Å². The summed E-state index contributed by atoms with van der Waals surface area (Å²) in [7, 11) is 0. The number of hydrogen-bond acceptors (Lipinski definition) is 2. The van der Waals surface area contributed by atoms with E-state index in [9.17, 15) is 4.79 Å². The van der Waals surface area contributed by atoms with Gasteiger partial charge in [0.25, 0.3) is 0 Å². The zero-order valence-corrected chi connectivity index (χ0v) is 11.7. The van der Waals surface area contributed by atoms with E-state index in [0.717, 1.165) is 27.5 Å². The van der Waals surface area contributed by atoms with Gasteiger partial charge in [-0.25, -0.2) is 0 Å². The molecule has 0 saturated heterocycles. The van der Waals surface area contributed by atoms with Crippen LogP contribution >= 0.6 is 0 Å². The van der Waals surface area contributed by atoms with Gasteiger partial charge >= 0.3 is 0 Å². The fourth-order valence-corrected chi connectivity index (χ4v) is 3.14. The molecule has 0 heterocycles. The second kappa shape index (κ2) is 4.45. The summed E-state index contributed by atoms with van der Waals surface area (Å²) in [5.41, 5.74) is 3.57. The van der Waals surface area contributed by atoms with E-state index in [1.54, 1.807) is 0 Å². The van der Waals surface area contributed by atoms with Crippen molar-refractivity contribution >= 4 is 16.6 Å². The first-order chi connectivity index (χ1) is 10.3. The summed E-state index contributed by atoms with van der Waals surface area (Å²) in [5, 5.41) is 2.08. The summed E-state index contributed by atoms with van der Waals surface area (Å²) in [5.74, 6) is 0.732. The monoisotopic (exact) mass is 274 g/mol. The molecular formula is C19H14O2. The molecule has 0 aliphatic heterocycles. The van der Waals surface area contributed by atoms with E-state index in [1.165, 1.54) is 0 Å². The SMILES string of the molecule is CCOc1ccc2cccc3c2c1C(=O)c1ccccc1-3. The van der Waals surface area contributed by atoms with E-state index in [0.29, 0.717) is 17.9 Å². The van der Waals surface area contributed by atoms with Crippen LogP contribution in [0.2, 0.25) is 0 Å². The molecule has 0 N–H and O–H groups in total. The van der Waals surface area contributed by atoms with Gasteiger partial charge < -0.3 is 4.74 Å². The molecule has 3 aromatic carbocycles. The molecule has 0 unspecified atom stereocenters. The molecule has 1 aliphatic carbocycles. The lowest BCUT2D eigenvalue weighted by Crippen LogP contribution is -2.12. The average molecular weight is 274 g/mol. The highest BCUT2D eigenvalue weighted by Crippen LogP contribution is 2.42. The zero-order valence-electron chi connectivity index (χ0n) is 11.7. The van der Waals surface area contributed by atoms with Gasteiger partial charge in [-0.2, -0.15) is 0 Å². The number of carbonyl (C=O) groups is 1. The Morgan fingerprint density at radius 2 is 1.62 bits per heavy atom. The van der Waals surface area contributed by atoms with Gasteiger partial charge in [0.15, 0.2) is 5.78 Å². The fraction of sp³-hybridized carbons (Fsp3) is 0.105. The topological polar surface area (TPSA) is 26.3 Å². The first-order valence-corrected chi connectivity index (χ1v) is 7.14. The second-order valence-electron chi connectivity index (χ2n) is 5.15. The molecule has 4 rings (SSSR count). The van der Waals surface area contributed by atoms with Gasteiger partial charge in [0.2, 0.25) is 0 Å². The lowest BCUT2D eigenvalue weighted by atomic mass is 9.82. The highest BCUT2D eigenvalue weighted by Gasteiger charge is 2.27. The summed E-state index contributed by atoms with van der Waals surface area (Å²) < 4.78 is 5.69. The van der Waals surface area contributed by atoms with Gasteiger partial charge in [-0.1, -0.05) is 48.5 Å². The Hall–Kier alpha value is -2.61. The van der Waals surface area contributed by atoms with E-state index < -0.39 is 0 Å². The average Bonchev–Trinajstić information content (AvgIpc) is 2.53. The maximum absolute atomic E-state index is 12.9. The highest BCUT2D eigenvalue weighted by atomic mass is 16.5. The quantitative estimate of drug-likeness (QED) is 0.540. The molecule has 0 saturated carbocycles. The normalized spacial score (nSPS) is 12.3. The second-order valence-corrected chi connectivity index (χ2v) is 5.15. The van der Waals surface area contributed by atoms with Gasteiger partial charge in [-0.05, 0) is 29.5 Å². The first kappa shape index (κ1) is 12.2. The third-order valence-electron chi connectivity index (χ3n) is 4.00. The molecule has 21 heavy (non-hydrogen) atoms. The van der Waals surface area contributed by atoms with Crippen molar-refractivity contribution < 1.29 is 9.53 Å². The van der Waals surface area contributed by atoms with Crippen LogP contribution in [0.4, 0.5) is 0 Å². The fourth-order valence-electron chi connectivity index (χ4n) is 3.14. The highest BCUT2D eigenvalue weighted by molar-refractivity contribution is 6.27. The van der Waals surface area contributed by atoms with Crippen molar-refractivity contribution in [2.45, 2.75) is 6.92 Å². The number of ketones is 1. The Morgan fingerprint density at radius 1 is 0.857 bits per heavy atom. The Bertz CT molecular complexity index is 878. The largest absolute Gasteiger partial charge is 0.493 e. The Balaban J connectivity index is 2.18. The molecule has 0 aromatic heterocycles. The van der Waals surface area contributed by atoms with Gasteiger partial charge in [0.05, 0.1) is 12.2 Å². The molecule has 0 atom stereocenters. The van der Waals surface area contributed by atoms with Gasteiger partial charge in [-0.15, -0.1) is 0 Å². The maximum atomic E-state index is 12.9. The number of ether oxygens (including phenoxy) is 1. The minimum absolute atomic E-state index is 0.0540. The molecule has 2 heteroatoms. The number of hydrogen-bond donors (Lipinski definition) is 0. The van der Waals surface area contributed by atoms with Crippen molar-refractivity contribution in [3.05, 3.63) is 65.7 Å². The molecule has 3 aromatic rings. The Kier molecular flexibility index (Phi) is 2.58. The predicted octanol–water partition coefficient (Wildman–Crippen LogP) is 4.45. The number of fused-ring (bicyclic) bond motifs is 2. The van der Waals surface area contributed by atoms with E-state index in [1.807, 2.05) is 55.5 Å². The molecule has 0 radical (unpaired) electrons. The minimum Gasteiger partial charge on any atom is -0.493 e. The van der Waals surface area contributed by atoms with Crippen LogP contribution < -0.4 is 4.74 Å². The summed E-state index contributed by atoms with van der Waals surface area (Å²) >= 11 is 0. The van der Waals surface area contributed by atoms with E-state index >= 15 is 0 Å². The van der Waals surface area contributed by atoms with Crippen molar-refractivity contribution in [1.82, 2.24) is 0 Å². The molecule has 102 valence electrons. The van der Waals surface area contributed by atoms with Crippen LogP contribution in [0, 0.1) is 0 Å². The van der Waals surface area contributed by atoms with E-state index in [4.69, 9.17) is 4.74 Å². The van der Waals surface area contributed by atoms with Crippen molar-refractivity contribution in [3.63, 3.8) is 0 Å². The predicted molar refractivity (Wildman–Crippen MR) is 84.0 cm³/mol. The number of rotatable bonds is 2. The molecular weight excluding hydrogens is 260 g/mol. The summed E-state index contributed by atoms with van der Waals surface area (Å²) in [6, 6.07) is 17.9. The molecule has 1 aliphatic rings. The van der Waals surface area contributed by atoms with E-state index in [2.05, 4.69) is 6.07 Å². The smallest absolute Gasteiger partial charge is 0.198 e.